The van der Waals surface area contributed by atoms with Crippen LogP contribution in [0.5, 0.6) is 5.75 Å². The van der Waals surface area contributed by atoms with Crippen LogP contribution in [-0.2, 0) is 4.79 Å². The molecule has 0 aliphatic heterocycles. The van der Waals surface area contributed by atoms with Crippen LogP contribution in [0.3, 0.4) is 0 Å². The van der Waals surface area contributed by atoms with E-state index in [1.807, 2.05) is 13.8 Å². The van der Waals surface area contributed by atoms with Crippen LogP contribution in [0, 0.1) is 0 Å². The van der Waals surface area contributed by atoms with Gasteiger partial charge in [-0.1, -0.05) is 0 Å². The third-order valence-corrected chi connectivity index (χ3v) is 3.28. The minimum absolute atomic E-state index is 0.0885. The van der Waals surface area contributed by atoms with Gasteiger partial charge in [-0.25, -0.2) is 0 Å². The van der Waals surface area contributed by atoms with Crippen LogP contribution in [0.4, 0.5) is 11.4 Å². The van der Waals surface area contributed by atoms with Crippen LogP contribution >= 0.6 is 0 Å². The first-order chi connectivity index (χ1) is 9.97. The van der Waals surface area contributed by atoms with Gasteiger partial charge in [0.25, 0.3) is 0 Å². The molecule has 0 radical (unpaired) electrons. The number of aliphatic hydroxyl groups is 1. The second-order valence-corrected chi connectivity index (χ2v) is 5.10. The molecule has 0 aromatic heterocycles. The second-order valence-electron chi connectivity index (χ2n) is 5.10. The quantitative estimate of drug-likeness (QED) is 0.629. The highest BCUT2D eigenvalue weighted by Gasteiger charge is 2.12. The highest BCUT2D eigenvalue weighted by Crippen LogP contribution is 2.24. The Hall–Kier alpha value is -1.79. The SMILES string of the molecule is COc1ccc(NC(=O)CCN(CCO)C(C)C)c(N)c1. The summed E-state index contributed by atoms with van der Waals surface area (Å²) >= 11 is 0. The van der Waals surface area contributed by atoms with Crippen molar-refractivity contribution in [3.8, 4) is 5.75 Å². The first-order valence-electron chi connectivity index (χ1n) is 7.06. The van der Waals surface area contributed by atoms with Gasteiger partial charge in [-0.2, -0.15) is 0 Å². The van der Waals surface area contributed by atoms with Gasteiger partial charge >= 0.3 is 0 Å². The molecule has 6 heteroatoms. The molecular formula is C15H25N3O3. The summed E-state index contributed by atoms with van der Waals surface area (Å²) in [6, 6.07) is 5.43. The van der Waals surface area contributed by atoms with E-state index >= 15 is 0 Å². The third kappa shape index (κ3) is 5.61. The van der Waals surface area contributed by atoms with Crippen molar-refractivity contribution in [2.45, 2.75) is 26.3 Å². The zero-order valence-electron chi connectivity index (χ0n) is 12.9. The van der Waals surface area contributed by atoms with E-state index in [-0.39, 0.29) is 18.6 Å². The van der Waals surface area contributed by atoms with Crippen LogP contribution in [0.2, 0.25) is 0 Å². The predicted molar refractivity (Wildman–Crippen MR) is 84.4 cm³/mol. The van der Waals surface area contributed by atoms with E-state index < -0.39 is 0 Å². The van der Waals surface area contributed by atoms with Crippen molar-refractivity contribution in [2.24, 2.45) is 0 Å². The first-order valence-corrected chi connectivity index (χ1v) is 7.06. The van der Waals surface area contributed by atoms with Gasteiger partial charge in [0.1, 0.15) is 5.75 Å². The zero-order chi connectivity index (χ0) is 15.8. The smallest absolute Gasteiger partial charge is 0.225 e. The molecule has 1 aromatic carbocycles. The predicted octanol–water partition coefficient (Wildman–Crippen LogP) is 1.31. The maximum atomic E-state index is 12.0. The summed E-state index contributed by atoms with van der Waals surface area (Å²) in [5.41, 5.74) is 6.91. The number of aliphatic hydroxyl groups excluding tert-OH is 1. The number of nitrogens with two attached hydrogens (primary N) is 1. The van der Waals surface area contributed by atoms with Crippen LogP contribution < -0.4 is 15.8 Å². The molecule has 1 amide bonds. The molecule has 0 fully saturated rings. The molecule has 1 rings (SSSR count). The molecule has 0 atom stereocenters. The third-order valence-electron chi connectivity index (χ3n) is 3.28. The maximum absolute atomic E-state index is 12.0. The van der Waals surface area contributed by atoms with Gasteiger partial charge in [-0.3, -0.25) is 9.69 Å². The lowest BCUT2D eigenvalue weighted by atomic mass is 10.2. The number of ether oxygens (including phenoxy) is 1. The number of hydrogen-bond acceptors (Lipinski definition) is 5. The van der Waals surface area contributed by atoms with E-state index in [4.69, 9.17) is 15.6 Å². The van der Waals surface area contributed by atoms with Gasteiger partial charge in [0.2, 0.25) is 5.91 Å². The lowest BCUT2D eigenvalue weighted by Gasteiger charge is -2.25. The fourth-order valence-electron chi connectivity index (χ4n) is 2.00. The topological polar surface area (TPSA) is 87.8 Å². The number of hydrogen-bond donors (Lipinski definition) is 3. The molecule has 6 nitrogen and oxygen atoms in total. The Kier molecular flexibility index (Phi) is 6.98. The summed E-state index contributed by atoms with van der Waals surface area (Å²) in [6.07, 6.45) is 0.351. The minimum Gasteiger partial charge on any atom is -0.497 e. The molecule has 0 aliphatic rings. The standard InChI is InChI=1S/C15H25N3O3/c1-11(2)18(8-9-19)7-6-15(20)17-14-5-4-12(21-3)10-13(14)16/h4-5,10-11,19H,6-9,16H2,1-3H3,(H,17,20). The molecule has 1 aromatic rings. The van der Waals surface area contributed by atoms with Crippen molar-refractivity contribution < 1.29 is 14.6 Å². The molecule has 0 unspecified atom stereocenters. The normalized spacial score (nSPS) is 11.0. The van der Waals surface area contributed by atoms with Crippen molar-refractivity contribution in [3.63, 3.8) is 0 Å². The van der Waals surface area contributed by atoms with Crippen LogP contribution in [0.15, 0.2) is 18.2 Å². The van der Waals surface area contributed by atoms with Crippen LogP contribution in [0.25, 0.3) is 0 Å². The Morgan fingerprint density at radius 2 is 2.14 bits per heavy atom. The van der Waals surface area contributed by atoms with E-state index in [9.17, 15) is 4.79 Å². The summed E-state index contributed by atoms with van der Waals surface area (Å²) in [4.78, 5) is 14.0. The number of methoxy groups -OCH3 is 1. The Balaban J connectivity index is 2.53. The number of rotatable bonds is 8. The lowest BCUT2D eigenvalue weighted by molar-refractivity contribution is -0.116. The molecule has 21 heavy (non-hydrogen) atoms. The molecule has 0 saturated heterocycles. The fourth-order valence-corrected chi connectivity index (χ4v) is 2.00. The van der Waals surface area contributed by atoms with Crippen LogP contribution in [0.1, 0.15) is 20.3 Å². The average Bonchev–Trinajstić information content (AvgIpc) is 2.45. The molecule has 118 valence electrons. The Morgan fingerprint density at radius 3 is 2.67 bits per heavy atom. The Morgan fingerprint density at radius 1 is 1.43 bits per heavy atom. The number of amides is 1. The fraction of sp³-hybridized carbons (Fsp3) is 0.533. The average molecular weight is 295 g/mol. The molecule has 0 saturated carbocycles. The van der Waals surface area contributed by atoms with E-state index in [1.54, 1.807) is 25.3 Å². The summed E-state index contributed by atoms with van der Waals surface area (Å²) in [5.74, 6) is 0.551. The van der Waals surface area contributed by atoms with Gasteiger partial charge in [-0.05, 0) is 26.0 Å². The summed E-state index contributed by atoms with van der Waals surface area (Å²) < 4.78 is 5.06. The van der Waals surface area contributed by atoms with E-state index in [2.05, 4.69) is 10.2 Å². The molecule has 0 heterocycles. The van der Waals surface area contributed by atoms with Crippen molar-refractivity contribution in [1.82, 2.24) is 4.90 Å². The van der Waals surface area contributed by atoms with Crippen molar-refractivity contribution in [1.29, 1.82) is 0 Å². The molecule has 0 spiro atoms. The monoisotopic (exact) mass is 295 g/mol. The molecule has 0 aliphatic carbocycles. The van der Waals surface area contributed by atoms with Gasteiger partial charge in [-0.15, -0.1) is 0 Å². The first kappa shape index (κ1) is 17.3. The Labute approximate surface area is 125 Å². The van der Waals surface area contributed by atoms with Crippen molar-refractivity contribution in [3.05, 3.63) is 18.2 Å². The largest absolute Gasteiger partial charge is 0.497 e. The molecule has 4 N–H and O–H groups in total. The molecular weight excluding hydrogens is 270 g/mol. The number of nitrogens with zero attached hydrogens (tertiary/aromatic N) is 1. The lowest BCUT2D eigenvalue weighted by Crippen LogP contribution is -2.35. The van der Waals surface area contributed by atoms with Gasteiger partial charge in [0, 0.05) is 31.6 Å². The summed E-state index contributed by atoms with van der Waals surface area (Å²) in [7, 11) is 1.56. The van der Waals surface area contributed by atoms with Crippen molar-refractivity contribution >= 4 is 17.3 Å². The highest BCUT2D eigenvalue weighted by atomic mass is 16.5. The second kappa shape index (κ2) is 8.49. The van der Waals surface area contributed by atoms with E-state index in [0.717, 1.165) is 0 Å². The minimum atomic E-state index is -0.101. The van der Waals surface area contributed by atoms with Gasteiger partial charge in [0.05, 0.1) is 25.1 Å². The van der Waals surface area contributed by atoms with E-state index in [0.29, 0.717) is 36.6 Å². The number of nitrogen functional groups attached to an aromatic ring is 1. The number of benzene rings is 1. The number of carbonyl (C=O) groups is 1. The number of anilines is 2. The van der Waals surface area contributed by atoms with Crippen LogP contribution in [-0.4, -0.2) is 48.8 Å². The number of nitrogens with one attached hydrogen (secondary N) is 1. The van der Waals surface area contributed by atoms with Crippen molar-refractivity contribution in [2.75, 3.05) is 37.9 Å². The van der Waals surface area contributed by atoms with E-state index in [1.165, 1.54) is 0 Å². The van der Waals surface area contributed by atoms with Gasteiger partial charge < -0.3 is 20.9 Å². The Bertz CT molecular complexity index is 463. The number of carbonyl (C=O) groups excluding carboxylic acids is 1. The summed E-state index contributed by atoms with van der Waals surface area (Å²) in [5, 5.41) is 11.8. The summed E-state index contributed by atoms with van der Waals surface area (Å²) in [6.45, 7) is 5.32. The highest BCUT2D eigenvalue weighted by molar-refractivity contribution is 5.94. The van der Waals surface area contributed by atoms with Gasteiger partial charge in [0.15, 0.2) is 0 Å². The zero-order valence-corrected chi connectivity index (χ0v) is 12.9. The maximum Gasteiger partial charge on any atom is 0.225 e. The molecule has 0 bridgehead atoms.